The maximum absolute atomic E-state index is 12.9. The van der Waals surface area contributed by atoms with E-state index in [9.17, 15) is 9.59 Å². The molecular weight excluding hydrogens is 352 g/mol. The number of hydrogen-bond acceptors (Lipinski definition) is 6. The summed E-state index contributed by atoms with van der Waals surface area (Å²) in [6, 6.07) is 7.61. The van der Waals surface area contributed by atoms with E-state index in [1.54, 1.807) is 6.92 Å². The molecule has 0 saturated heterocycles. The van der Waals surface area contributed by atoms with Crippen molar-refractivity contribution in [2.45, 2.75) is 19.9 Å². The maximum Gasteiger partial charge on any atom is 0.413 e. The van der Waals surface area contributed by atoms with E-state index in [0.29, 0.717) is 36.8 Å². The third-order valence-corrected chi connectivity index (χ3v) is 5.11. The molecule has 1 aliphatic rings. The number of ether oxygens (including phenoxy) is 1. The van der Waals surface area contributed by atoms with Crippen molar-refractivity contribution in [1.82, 2.24) is 9.88 Å². The Balaban J connectivity index is 1.72. The number of amides is 2. The van der Waals surface area contributed by atoms with E-state index in [1.165, 1.54) is 11.3 Å². The molecule has 0 spiro atoms. The Hall–Kier alpha value is -2.61. The summed E-state index contributed by atoms with van der Waals surface area (Å²) in [5.74, 6) is 0.00709. The Morgan fingerprint density at radius 2 is 2.19 bits per heavy atom. The fourth-order valence-electron chi connectivity index (χ4n) is 2.78. The van der Waals surface area contributed by atoms with E-state index in [-0.39, 0.29) is 5.91 Å². The summed E-state index contributed by atoms with van der Waals surface area (Å²) in [4.78, 5) is 33.6. The SMILES string of the molecule is CCOC(=O)Nc1nc2c(s1)CN(C(=O)c1cccc(N(C)C)c1)CC2. The lowest BCUT2D eigenvalue weighted by Gasteiger charge is -2.26. The van der Waals surface area contributed by atoms with E-state index >= 15 is 0 Å². The molecule has 1 N–H and O–H groups in total. The molecule has 0 aliphatic carbocycles. The minimum absolute atomic E-state index is 0.00709. The van der Waals surface area contributed by atoms with Crippen LogP contribution in [0.1, 0.15) is 27.9 Å². The molecule has 0 saturated carbocycles. The standard InChI is InChI=1S/C18H22N4O3S/c1-4-25-18(24)20-17-19-14-8-9-22(11-15(14)26-17)16(23)12-6-5-7-13(10-12)21(2)3/h5-7,10H,4,8-9,11H2,1-3H3,(H,19,20,24). The molecule has 0 bridgehead atoms. The second-order valence-corrected chi connectivity index (χ2v) is 7.24. The van der Waals surface area contributed by atoms with Gasteiger partial charge in [0.15, 0.2) is 5.13 Å². The Kier molecular flexibility index (Phi) is 5.41. The molecule has 1 aromatic heterocycles. The molecular formula is C18H22N4O3S. The minimum atomic E-state index is -0.507. The molecule has 2 heterocycles. The lowest BCUT2D eigenvalue weighted by atomic mass is 10.1. The number of carbonyl (C=O) groups is 2. The number of rotatable bonds is 4. The number of fused-ring (bicyclic) bond motifs is 1. The molecule has 138 valence electrons. The Morgan fingerprint density at radius 1 is 1.38 bits per heavy atom. The predicted molar refractivity (Wildman–Crippen MR) is 102 cm³/mol. The van der Waals surface area contributed by atoms with Gasteiger partial charge in [0.25, 0.3) is 5.91 Å². The topological polar surface area (TPSA) is 74.8 Å². The average Bonchev–Trinajstić information content (AvgIpc) is 3.02. The van der Waals surface area contributed by atoms with E-state index < -0.39 is 6.09 Å². The van der Waals surface area contributed by atoms with Gasteiger partial charge in [0.1, 0.15) is 0 Å². The van der Waals surface area contributed by atoms with Crippen molar-refractivity contribution < 1.29 is 14.3 Å². The molecule has 0 unspecified atom stereocenters. The number of anilines is 2. The van der Waals surface area contributed by atoms with E-state index in [2.05, 4.69) is 10.3 Å². The van der Waals surface area contributed by atoms with Crippen LogP contribution in [0.3, 0.4) is 0 Å². The minimum Gasteiger partial charge on any atom is -0.450 e. The van der Waals surface area contributed by atoms with Crippen LogP contribution < -0.4 is 10.2 Å². The first kappa shape index (κ1) is 18.2. The van der Waals surface area contributed by atoms with Gasteiger partial charge >= 0.3 is 6.09 Å². The Bertz CT molecular complexity index is 819. The Labute approximate surface area is 156 Å². The molecule has 2 amide bonds. The molecule has 1 aliphatic heterocycles. The van der Waals surface area contributed by atoms with Gasteiger partial charge in [0, 0.05) is 43.2 Å². The summed E-state index contributed by atoms with van der Waals surface area (Å²) in [7, 11) is 3.90. The number of hydrogen-bond donors (Lipinski definition) is 1. The van der Waals surface area contributed by atoms with Gasteiger partial charge in [0.05, 0.1) is 18.8 Å². The number of aromatic nitrogens is 1. The number of benzene rings is 1. The van der Waals surface area contributed by atoms with Gasteiger partial charge in [0.2, 0.25) is 0 Å². The van der Waals surface area contributed by atoms with Crippen molar-refractivity contribution in [3.8, 4) is 0 Å². The second-order valence-electron chi connectivity index (χ2n) is 6.16. The van der Waals surface area contributed by atoms with Crippen LogP contribution >= 0.6 is 11.3 Å². The predicted octanol–water partition coefficient (Wildman–Crippen LogP) is 2.98. The maximum atomic E-state index is 12.9. The summed E-state index contributed by atoms with van der Waals surface area (Å²) in [5.41, 5.74) is 2.61. The van der Waals surface area contributed by atoms with E-state index in [0.717, 1.165) is 16.3 Å². The van der Waals surface area contributed by atoms with Crippen molar-refractivity contribution in [3.05, 3.63) is 40.4 Å². The molecule has 26 heavy (non-hydrogen) atoms. The zero-order chi connectivity index (χ0) is 18.7. The average molecular weight is 374 g/mol. The number of thiazole rings is 1. The number of nitrogens with zero attached hydrogens (tertiary/aromatic N) is 3. The summed E-state index contributed by atoms with van der Waals surface area (Å²) in [6.07, 6.45) is 0.169. The van der Waals surface area contributed by atoms with Crippen LogP contribution in [-0.4, -0.2) is 49.1 Å². The Morgan fingerprint density at radius 3 is 2.92 bits per heavy atom. The first-order valence-electron chi connectivity index (χ1n) is 8.47. The van der Waals surface area contributed by atoms with E-state index in [1.807, 2.05) is 48.2 Å². The van der Waals surface area contributed by atoms with Gasteiger partial charge < -0.3 is 14.5 Å². The molecule has 2 aromatic rings. The molecule has 7 nitrogen and oxygen atoms in total. The summed E-state index contributed by atoms with van der Waals surface area (Å²) >= 11 is 1.39. The van der Waals surface area contributed by atoms with Gasteiger partial charge in [-0.15, -0.1) is 0 Å². The summed E-state index contributed by atoms with van der Waals surface area (Å²) < 4.78 is 4.87. The molecule has 0 fully saturated rings. The summed E-state index contributed by atoms with van der Waals surface area (Å²) in [6.45, 7) is 3.18. The smallest absolute Gasteiger partial charge is 0.413 e. The zero-order valence-corrected chi connectivity index (χ0v) is 15.9. The third kappa shape index (κ3) is 3.96. The van der Waals surface area contributed by atoms with Crippen LogP contribution in [0.25, 0.3) is 0 Å². The fourth-order valence-corrected chi connectivity index (χ4v) is 3.79. The third-order valence-electron chi connectivity index (χ3n) is 4.11. The van der Waals surface area contributed by atoms with Gasteiger partial charge in [-0.05, 0) is 25.1 Å². The lowest BCUT2D eigenvalue weighted by molar-refractivity contribution is 0.0736. The monoisotopic (exact) mass is 374 g/mol. The molecule has 0 radical (unpaired) electrons. The van der Waals surface area contributed by atoms with Gasteiger partial charge in [-0.1, -0.05) is 17.4 Å². The quantitative estimate of drug-likeness (QED) is 0.890. The van der Waals surface area contributed by atoms with Crippen LogP contribution in [0.15, 0.2) is 24.3 Å². The van der Waals surface area contributed by atoms with Crippen LogP contribution in [0.5, 0.6) is 0 Å². The highest BCUT2D eigenvalue weighted by Gasteiger charge is 2.25. The van der Waals surface area contributed by atoms with E-state index in [4.69, 9.17) is 4.74 Å². The molecule has 0 atom stereocenters. The largest absolute Gasteiger partial charge is 0.450 e. The number of nitrogens with one attached hydrogen (secondary N) is 1. The normalized spacial score (nSPS) is 13.1. The van der Waals surface area contributed by atoms with Gasteiger partial charge in [-0.2, -0.15) is 0 Å². The van der Waals surface area contributed by atoms with Crippen LogP contribution in [0, 0.1) is 0 Å². The van der Waals surface area contributed by atoms with Crippen molar-refractivity contribution in [3.63, 3.8) is 0 Å². The first-order chi connectivity index (χ1) is 12.5. The fraction of sp³-hybridized carbons (Fsp3) is 0.389. The highest BCUT2D eigenvalue weighted by atomic mass is 32.1. The van der Waals surface area contributed by atoms with Crippen molar-refractivity contribution in [1.29, 1.82) is 0 Å². The van der Waals surface area contributed by atoms with Crippen molar-refractivity contribution >= 4 is 34.2 Å². The second kappa shape index (κ2) is 7.74. The van der Waals surface area contributed by atoms with Crippen LogP contribution in [-0.2, 0) is 17.7 Å². The lowest BCUT2D eigenvalue weighted by Crippen LogP contribution is -2.35. The van der Waals surface area contributed by atoms with Crippen molar-refractivity contribution in [2.24, 2.45) is 0 Å². The highest BCUT2D eigenvalue weighted by molar-refractivity contribution is 7.15. The zero-order valence-electron chi connectivity index (χ0n) is 15.1. The highest BCUT2D eigenvalue weighted by Crippen LogP contribution is 2.29. The molecule has 1 aromatic carbocycles. The number of carbonyl (C=O) groups excluding carboxylic acids is 2. The van der Waals surface area contributed by atoms with Crippen molar-refractivity contribution in [2.75, 3.05) is 37.5 Å². The summed E-state index contributed by atoms with van der Waals surface area (Å²) in [5, 5.41) is 3.14. The van der Waals surface area contributed by atoms with Crippen LogP contribution in [0.2, 0.25) is 0 Å². The van der Waals surface area contributed by atoms with Crippen LogP contribution in [0.4, 0.5) is 15.6 Å². The first-order valence-corrected chi connectivity index (χ1v) is 9.28. The molecule has 3 rings (SSSR count). The van der Waals surface area contributed by atoms with Gasteiger partial charge in [-0.25, -0.2) is 9.78 Å². The van der Waals surface area contributed by atoms with Gasteiger partial charge in [-0.3, -0.25) is 10.1 Å². The molecule has 8 heteroatoms.